The summed E-state index contributed by atoms with van der Waals surface area (Å²) in [4.78, 5) is 0. The number of hydrogen-bond acceptors (Lipinski definition) is 3. The van der Waals surface area contributed by atoms with Crippen LogP contribution in [-0.2, 0) is 0 Å². The van der Waals surface area contributed by atoms with Crippen molar-refractivity contribution in [1.29, 1.82) is 0 Å². The average molecular weight is 236 g/mol. The number of benzene rings is 1. The zero-order valence-corrected chi connectivity index (χ0v) is 11.2. The molecule has 1 aromatic carbocycles. The molecule has 0 saturated carbocycles. The predicted octanol–water partition coefficient (Wildman–Crippen LogP) is 2.33. The Morgan fingerprint density at radius 1 is 1.24 bits per heavy atom. The van der Waals surface area contributed by atoms with Gasteiger partial charge < -0.3 is 5.11 Å². The zero-order chi connectivity index (χ0) is 13.1. The molecule has 0 amide bonds. The maximum Gasteiger partial charge on any atom is 0.0956 e. The van der Waals surface area contributed by atoms with Crippen molar-refractivity contribution in [3.8, 4) is 0 Å². The van der Waals surface area contributed by atoms with Gasteiger partial charge in [0.15, 0.2) is 0 Å². The van der Waals surface area contributed by atoms with E-state index in [1.54, 1.807) is 5.01 Å². The molecular formula is C14H24N2O. The molecule has 2 atom stereocenters. The van der Waals surface area contributed by atoms with Crippen molar-refractivity contribution < 1.29 is 5.11 Å². The highest BCUT2D eigenvalue weighted by Gasteiger charge is 2.24. The van der Waals surface area contributed by atoms with Crippen molar-refractivity contribution in [2.45, 2.75) is 39.8 Å². The SMILES string of the molecule is C[C@@H]([C@H](O)c1ccccc1)N(N)CC(C)(C)C. The second-order valence-electron chi connectivity index (χ2n) is 5.83. The summed E-state index contributed by atoms with van der Waals surface area (Å²) in [6.07, 6.45) is -0.552. The van der Waals surface area contributed by atoms with E-state index >= 15 is 0 Å². The molecule has 0 aliphatic rings. The van der Waals surface area contributed by atoms with Gasteiger partial charge in [-0.15, -0.1) is 0 Å². The molecule has 0 aliphatic heterocycles. The van der Waals surface area contributed by atoms with Gasteiger partial charge in [0.25, 0.3) is 0 Å². The minimum Gasteiger partial charge on any atom is -0.387 e. The number of hydrazine groups is 1. The quantitative estimate of drug-likeness (QED) is 0.623. The smallest absolute Gasteiger partial charge is 0.0956 e. The lowest BCUT2D eigenvalue weighted by atomic mass is 9.95. The highest BCUT2D eigenvalue weighted by molar-refractivity contribution is 5.18. The molecule has 0 heterocycles. The minimum absolute atomic E-state index is 0.100. The molecule has 3 N–H and O–H groups in total. The molecule has 0 saturated heterocycles. The van der Waals surface area contributed by atoms with E-state index in [1.165, 1.54) is 0 Å². The van der Waals surface area contributed by atoms with Crippen LogP contribution >= 0.6 is 0 Å². The van der Waals surface area contributed by atoms with Gasteiger partial charge in [0.1, 0.15) is 0 Å². The fraction of sp³-hybridized carbons (Fsp3) is 0.571. The van der Waals surface area contributed by atoms with Crippen molar-refractivity contribution in [2.24, 2.45) is 11.3 Å². The maximum absolute atomic E-state index is 10.2. The van der Waals surface area contributed by atoms with Crippen molar-refractivity contribution in [3.63, 3.8) is 0 Å². The van der Waals surface area contributed by atoms with Crippen molar-refractivity contribution >= 4 is 0 Å². The van der Waals surface area contributed by atoms with Gasteiger partial charge in [0.2, 0.25) is 0 Å². The van der Waals surface area contributed by atoms with Crippen LogP contribution in [0, 0.1) is 5.41 Å². The third kappa shape index (κ3) is 4.46. The Morgan fingerprint density at radius 3 is 2.24 bits per heavy atom. The van der Waals surface area contributed by atoms with Gasteiger partial charge in [-0.05, 0) is 17.9 Å². The standard InChI is InChI=1S/C14H24N2O/c1-11(16(15)10-14(2,3)4)13(17)12-8-6-5-7-9-12/h5-9,11,13,17H,10,15H2,1-4H3/t11-,13-/m0/s1. The van der Waals surface area contributed by atoms with E-state index in [9.17, 15) is 5.11 Å². The molecule has 1 aromatic rings. The summed E-state index contributed by atoms with van der Waals surface area (Å²) in [5.74, 6) is 6.01. The minimum atomic E-state index is -0.552. The summed E-state index contributed by atoms with van der Waals surface area (Å²) in [5, 5.41) is 12.0. The van der Waals surface area contributed by atoms with E-state index in [0.717, 1.165) is 12.1 Å². The molecule has 0 aliphatic carbocycles. The van der Waals surface area contributed by atoms with Crippen LogP contribution < -0.4 is 5.84 Å². The number of rotatable bonds is 4. The molecule has 1 rings (SSSR count). The predicted molar refractivity (Wildman–Crippen MR) is 71.2 cm³/mol. The Morgan fingerprint density at radius 2 is 1.76 bits per heavy atom. The van der Waals surface area contributed by atoms with Crippen LogP contribution in [0.15, 0.2) is 30.3 Å². The Kier molecular flexibility index (Phi) is 4.69. The lowest BCUT2D eigenvalue weighted by Gasteiger charge is -2.33. The average Bonchev–Trinajstić information content (AvgIpc) is 2.26. The molecule has 0 unspecified atom stereocenters. The highest BCUT2D eigenvalue weighted by Crippen LogP contribution is 2.22. The van der Waals surface area contributed by atoms with E-state index in [2.05, 4.69) is 20.8 Å². The molecule has 96 valence electrons. The topological polar surface area (TPSA) is 49.5 Å². The molecule has 17 heavy (non-hydrogen) atoms. The molecule has 0 spiro atoms. The molecular weight excluding hydrogens is 212 g/mol. The van der Waals surface area contributed by atoms with E-state index in [4.69, 9.17) is 5.84 Å². The lowest BCUT2D eigenvalue weighted by Crippen LogP contribution is -2.46. The number of nitrogens with two attached hydrogens (primary N) is 1. The number of aliphatic hydroxyl groups is 1. The van der Waals surface area contributed by atoms with Crippen LogP contribution in [0.4, 0.5) is 0 Å². The first kappa shape index (κ1) is 14.2. The lowest BCUT2D eigenvalue weighted by molar-refractivity contribution is 0.0391. The highest BCUT2D eigenvalue weighted by atomic mass is 16.3. The fourth-order valence-electron chi connectivity index (χ4n) is 1.80. The number of aliphatic hydroxyl groups excluding tert-OH is 1. The monoisotopic (exact) mass is 236 g/mol. The molecule has 0 fully saturated rings. The second-order valence-corrected chi connectivity index (χ2v) is 5.83. The number of hydrogen-bond donors (Lipinski definition) is 2. The summed E-state index contributed by atoms with van der Waals surface area (Å²) in [5.41, 5.74) is 1.03. The molecule has 3 nitrogen and oxygen atoms in total. The molecule has 0 radical (unpaired) electrons. The van der Waals surface area contributed by atoms with Crippen LogP contribution in [0.3, 0.4) is 0 Å². The van der Waals surface area contributed by atoms with Gasteiger partial charge in [0, 0.05) is 6.54 Å². The zero-order valence-electron chi connectivity index (χ0n) is 11.2. The Bertz CT molecular complexity index is 332. The summed E-state index contributed by atoms with van der Waals surface area (Å²) < 4.78 is 0. The summed E-state index contributed by atoms with van der Waals surface area (Å²) in [6.45, 7) is 9.10. The van der Waals surface area contributed by atoms with Gasteiger partial charge in [0.05, 0.1) is 12.1 Å². The first-order valence-corrected chi connectivity index (χ1v) is 6.05. The van der Waals surface area contributed by atoms with E-state index in [-0.39, 0.29) is 11.5 Å². The van der Waals surface area contributed by atoms with Gasteiger partial charge in [-0.25, -0.2) is 5.01 Å². The Hall–Kier alpha value is -0.900. The second kappa shape index (κ2) is 5.63. The largest absolute Gasteiger partial charge is 0.387 e. The van der Waals surface area contributed by atoms with Crippen LogP contribution in [0.2, 0.25) is 0 Å². The summed E-state index contributed by atoms with van der Waals surface area (Å²) in [6, 6.07) is 9.54. The van der Waals surface area contributed by atoms with E-state index in [1.807, 2.05) is 37.3 Å². The Balaban J connectivity index is 2.67. The first-order valence-electron chi connectivity index (χ1n) is 6.05. The molecule has 3 heteroatoms. The third-order valence-corrected chi connectivity index (χ3v) is 2.78. The molecule has 0 aromatic heterocycles. The van der Waals surface area contributed by atoms with E-state index in [0.29, 0.717) is 0 Å². The van der Waals surface area contributed by atoms with Crippen molar-refractivity contribution in [3.05, 3.63) is 35.9 Å². The van der Waals surface area contributed by atoms with Crippen LogP contribution in [0.1, 0.15) is 39.4 Å². The first-order chi connectivity index (χ1) is 7.81. The normalized spacial score (nSPS) is 15.9. The van der Waals surface area contributed by atoms with E-state index < -0.39 is 6.10 Å². The van der Waals surface area contributed by atoms with Crippen LogP contribution in [0.5, 0.6) is 0 Å². The van der Waals surface area contributed by atoms with Gasteiger partial charge in [-0.3, -0.25) is 5.84 Å². The third-order valence-electron chi connectivity index (χ3n) is 2.78. The maximum atomic E-state index is 10.2. The van der Waals surface area contributed by atoms with Crippen molar-refractivity contribution in [1.82, 2.24) is 5.01 Å². The fourth-order valence-corrected chi connectivity index (χ4v) is 1.80. The van der Waals surface area contributed by atoms with Crippen molar-refractivity contribution in [2.75, 3.05) is 6.54 Å². The van der Waals surface area contributed by atoms with Gasteiger partial charge in [-0.2, -0.15) is 0 Å². The number of nitrogens with zero attached hydrogens (tertiary/aromatic N) is 1. The van der Waals surface area contributed by atoms with Crippen LogP contribution in [0.25, 0.3) is 0 Å². The Labute approximate surface area is 104 Å². The van der Waals surface area contributed by atoms with Gasteiger partial charge >= 0.3 is 0 Å². The van der Waals surface area contributed by atoms with Gasteiger partial charge in [-0.1, -0.05) is 51.1 Å². The van der Waals surface area contributed by atoms with Crippen LogP contribution in [-0.4, -0.2) is 22.7 Å². The molecule has 0 bridgehead atoms. The summed E-state index contributed by atoms with van der Waals surface area (Å²) in [7, 11) is 0. The summed E-state index contributed by atoms with van der Waals surface area (Å²) >= 11 is 0.